The molecule has 0 aromatic rings. The SMILES string of the molecule is C[C@]12C=CC=C3CC[C@H](COC1=O)[C@@H]32. The molecule has 0 amide bonds. The maximum Gasteiger partial charge on any atom is 0.316 e. The fourth-order valence-electron chi connectivity index (χ4n) is 3.23. The van der Waals surface area contributed by atoms with Crippen LogP contribution in [0.25, 0.3) is 0 Å². The highest BCUT2D eigenvalue weighted by Crippen LogP contribution is 2.52. The Morgan fingerprint density at radius 1 is 1.57 bits per heavy atom. The van der Waals surface area contributed by atoms with E-state index in [1.54, 1.807) is 0 Å². The van der Waals surface area contributed by atoms with Crippen LogP contribution in [0.5, 0.6) is 0 Å². The number of rotatable bonds is 0. The van der Waals surface area contributed by atoms with Gasteiger partial charge >= 0.3 is 5.97 Å². The van der Waals surface area contributed by atoms with Gasteiger partial charge in [0.1, 0.15) is 0 Å². The Labute approximate surface area is 83.6 Å². The third kappa shape index (κ3) is 0.839. The maximum atomic E-state index is 11.8. The molecule has 74 valence electrons. The Kier molecular flexibility index (Phi) is 1.48. The molecule has 3 atom stereocenters. The van der Waals surface area contributed by atoms with Gasteiger partial charge in [-0.3, -0.25) is 4.79 Å². The zero-order valence-electron chi connectivity index (χ0n) is 8.32. The molecule has 0 bridgehead atoms. The lowest BCUT2D eigenvalue weighted by Crippen LogP contribution is -2.45. The Bertz CT molecular complexity index is 353. The molecule has 2 fully saturated rings. The second-order valence-corrected chi connectivity index (χ2v) is 4.76. The molecule has 1 aliphatic heterocycles. The first kappa shape index (κ1) is 8.27. The molecule has 0 aromatic carbocycles. The monoisotopic (exact) mass is 190 g/mol. The minimum atomic E-state index is -0.372. The first-order valence-corrected chi connectivity index (χ1v) is 5.27. The number of ether oxygens (including phenoxy) is 1. The van der Waals surface area contributed by atoms with Gasteiger partial charge < -0.3 is 4.74 Å². The lowest BCUT2D eigenvalue weighted by molar-refractivity contribution is -0.164. The van der Waals surface area contributed by atoms with Crippen LogP contribution in [0.4, 0.5) is 0 Å². The van der Waals surface area contributed by atoms with Crippen LogP contribution in [-0.2, 0) is 9.53 Å². The smallest absolute Gasteiger partial charge is 0.316 e. The van der Waals surface area contributed by atoms with E-state index < -0.39 is 0 Å². The molecular formula is C12H14O2. The normalized spacial score (nSPS) is 44.4. The molecule has 1 saturated heterocycles. The van der Waals surface area contributed by atoms with E-state index in [0.29, 0.717) is 18.4 Å². The number of carbonyl (C=O) groups is 1. The quantitative estimate of drug-likeness (QED) is 0.546. The standard InChI is InChI=1S/C12H14O2/c1-12-6-2-3-8-4-5-9(10(8)12)7-14-11(12)13/h2-3,6,9-10H,4-5,7H2,1H3/t9-,10-,12-/m1/s1. The van der Waals surface area contributed by atoms with Gasteiger partial charge in [-0.15, -0.1) is 0 Å². The van der Waals surface area contributed by atoms with Gasteiger partial charge in [-0.2, -0.15) is 0 Å². The van der Waals surface area contributed by atoms with Crippen molar-refractivity contribution in [1.82, 2.24) is 0 Å². The van der Waals surface area contributed by atoms with Gasteiger partial charge in [-0.25, -0.2) is 0 Å². The van der Waals surface area contributed by atoms with Crippen LogP contribution in [0.3, 0.4) is 0 Å². The molecular weight excluding hydrogens is 176 g/mol. The summed E-state index contributed by atoms with van der Waals surface area (Å²) in [5.41, 5.74) is 1.08. The summed E-state index contributed by atoms with van der Waals surface area (Å²) in [6.45, 7) is 2.64. The van der Waals surface area contributed by atoms with Crippen LogP contribution in [0, 0.1) is 17.3 Å². The zero-order valence-corrected chi connectivity index (χ0v) is 8.32. The van der Waals surface area contributed by atoms with Crippen LogP contribution >= 0.6 is 0 Å². The lowest BCUT2D eigenvalue weighted by Gasteiger charge is -2.41. The highest BCUT2D eigenvalue weighted by molar-refractivity contribution is 5.81. The van der Waals surface area contributed by atoms with Crippen molar-refractivity contribution in [2.75, 3.05) is 6.61 Å². The summed E-state index contributed by atoms with van der Waals surface area (Å²) in [6.07, 6.45) is 8.54. The summed E-state index contributed by atoms with van der Waals surface area (Å²) < 4.78 is 5.26. The average molecular weight is 190 g/mol. The van der Waals surface area contributed by atoms with E-state index in [1.807, 2.05) is 19.1 Å². The van der Waals surface area contributed by atoms with Crippen LogP contribution in [0.15, 0.2) is 23.8 Å². The largest absolute Gasteiger partial charge is 0.465 e. The van der Waals surface area contributed by atoms with E-state index in [-0.39, 0.29) is 11.4 Å². The van der Waals surface area contributed by atoms with Gasteiger partial charge in [-0.05, 0) is 19.8 Å². The summed E-state index contributed by atoms with van der Waals surface area (Å²) in [5, 5.41) is 0. The van der Waals surface area contributed by atoms with Gasteiger partial charge in [-0.1, -0.05) is 23.8 Å². The van der Waals surface area contributed by atoms with E-state index in [0.717, 1.165) is 6.42 Å². The number of carbonyl (C=O) groups excluding carboxylic acids is 1. The zero-order chi connectivity index (χ0) is 9.76. The number of cyclic esters (lactones) is 1. The van der Waals surface area contributed by atoms with Crippen molar-refractivity contribution in [3.63, 3.8) is 0 Å². The van der Waals surface area contributed by atoms with Crippen molar-refractivity contribution in [2.45, 2.75) is 19.8 Å². The van der Waals surface area contributed by atoms with E-state index in [9.17, 15) is 4.79 Å². The third-order valence-electron chi connectivity index (χ3n) is 3.94. The molecule has 2 aliphatic carbocycles. The first-order chi connectivity index (χ1) is 6.72. The molecule has 3 aliphatic rings. The lowest BCUT2D eigenvalue weighted by atomic mass is 9.67. The topological polar surface area (TPSA) is 26.3 Å². The summed E-state index contributed by atoms with van der Waals surface area (Å²) in [6, 6.07) is 0. The van der Waals surface area contributed by atoms with Crippen molar-refractivity contribution >= 4 is 5.97 Å². The number of esters is 1. The van der Waals surface area contributed by atoms with Crippen molar-refractivity contribution in [3.8, 4) is 0 Å². The minimum Gasteiger partial charge on any atom is -0.465 e. The predicted octanol–water partition coefficient (Wildman–Crippen LogP) is 2.07. The Balaban J connectivity index is 2.11. The molecule has 0 N–H and O–H groups in total. The van der Waals surface area contributed by atoms with Crippen LogP contribution < -0.4 is 0 Å². The van der Waals surface area contributed by atoms with Gasteiger partial charge in [0, 0.05) is 11.8 Å². The minimum absolute atomic E-state index is 0.0394. The van der Waals surface area contributed by atoms with Crippen molar-refractivity contribution in [2.24, 2.45) is 17.3 Å². The molecule has 0 radical (unpaired) electrons. The average Bonchev–Trinajstić information content (AvgIpc) is 2.58. The molecule has 14 heavy (non-hydrogen) atoms. The van der Waals surface area contributed by atoms with Crippen LogP contribution in [0.1, 0.15) is 19.8 Å². The second kappa shape index (κ2) is 2.50. The summed E-state index contributed by atoms with van der Waals surface area (Å²) in [7, 11) is 0. The van der Waals surface area contributed by atoms with E-state index in [1.165, 1.54) is 12.0 Å². The number of hydrogen-bond donors (Lipinski definition) is 0. The van der Waals surface area contributed by atoms with E-state index >= 15 is 0 Å². The molecule has 2 nitrogen and oxygen atoms in total. The Morgan fingerprint density at radius 3 is 3.29 bits per heavy atom. The maximum absolute atomic E-state index is 11.8. The fourth-order valence-corrected chi connectivity index (χ4v) is 3.23. The number of allylic oxidation sites excluding steroid dienone is 3. The summed E-state index contributed by atoms with van der Waals surface area (Å²) in [4.78, 5) is 11.8. The fraction of sp³-hybridized carbons (Fsp3) is 0.583. The third-order valence-corrected chi connectivity index (χ3v) is 3.94. The summed E-state index contributed by atoms with van der Waals surface area (Å²) in [5.74, 6) is 0.949. The second-order valence-electron chi connectivity index (χ2n) is 4.76. The van der Waals surface area contributed by atoms with Crippen molar-refractivity contribution in [3.05, 3.63) is 23.8 Å². The number of hydrogen-bond acceptors (Lipinski definition) is 2. The van der Waals surface area contributed by atoms with Crippen molar-refractivity contribution in [1.29, 1.82) is 0 Å². The highest BCUT2D eigenvalue weighted by Gasteiger charge is 2.53. The van der Waals surface area contributed by atoms with Crippen LogP contribution in [0.2, 0.25) is 0 Å². The first-order valence-electron chi connectivity index (χ1n) is 5.27. The highest BCUT2D eigenvalue weighted by atomic mass is 16.5. The molecule has 0 spiro atoms. The molecule has 0 unspecified atom stereocenters. The molecule has 0 aromatic heterocycles. The Morgan fingerprint density at radius 2 is 2.43 bits per heavy atom. The van der Waals surface area contributed by atoms with Gasteiger partial charge in [0.25, 0.3) is 0 Å². The molecule has 2 heteroatoms. The van der Waals surface area contributed by atoms with Crippen molar-refractivity contribution < 1.29 is 9.53 Å². The molecule has 1 saturated carbocycles. The van der Waals surface area contributed by atoms with Gasteiger partial charge in [0.05, 0.1) is 12.0 Å². The van der Waals surface area contributed by atoms with E-state index in [2.05, 4.69) is 6.08 Å². The van der Waals surface area contributed by atoms with E-state index in [4.69, 9.17) is 4.74 Å². The van der Waals surface area contributed by atoms with Crippen LogP contribution in [-0.4, -0.2) is 12.6 Å². The summed E-state index contributed by atoms with van der Waals surface area (Å²) >= 11 is 0. The van der Waals surface area contributed by atoms with Gasteiger partial charge in [0.15, 0.2) is 0 Å². The Hall–Kier alpha value is -1.05. The molecule has 3 rings (SSSR count). The van der Waals surface area contributed by atoms with Gasteiger partial charge in [0.2, 0.25) is 0 Å². The molecule has 1 heterocycles. The predicted molar refractivity (Wildman–Crippen MR) is 52.5 cm³/mol.